The largest absolute Gasteiger partial charge is 0.335 e. The second-order valence-electron chi connectivity index (χ2n) is 5.95. The minimum absolute atomic E-state index is 0.0200. The van der Waals surface area contributed by atoms with Gasteiger partial charge in [-0.15, -0.1) is 0 Å². The number of likely N-dealkylation sites (N-methyl/N-ethyl adjacent to an activating group) is 3. The van der Waals surface area contributed by atoms with Gasteiger partial charge in [0.2, 0.25) is 0 Å². The highest BCUT2D eigenvalue weighted by Gasteiger charge is 2.19. The molecule has 6 nitrogen and oxygen atoms in total. The van der Waals surface area contributed by atoms with E-state index >= 15 is 0 Å². The van der Waals surface area contributed by atoms with Crippen LogP contribution in [0.1, 0.15) is 41.0 Å². The number of nitrogens with zero attached hydrogens (tertiary/aromatic N) is 4. The Hall–Kier alpha value is -0.280. The summed E-state index contributed by atoms with van der Waals surface area (Å²) in [6.45, 7) is 20.8. The second-order valence-corrected chi connectivity index (χ2v) is 6.69. The molecule has 0 N–H and O–H groups in total. The molecule has 0 fully saturated rings. The predicted molar refractivity (Wildman–Crippen MR) is 107 cm³/mol. The lowest BCUT2D eigenvalue weighted by Gasteiger charge is -2.34. The number of nitriles is 1. The van der Waals surface area contributed by atoms with Crippen molar-refractivity contribution < 1.29 is 9.05 Å². The highest BCUT2D eigenvalue weighted by atomic mass is 31.1. The standard InChI is InChI=1S/C18H39N4O2P/c1-6-20(7-2)13-14-21(8-3)16-18(22(9-4)10-5)17-24-25-23-15-11-12-19/h18,25H,6-11,13-17H2,1-5H3/t18-/m1/s1. The summed E-state index contributed by atoms with van der Waals surface area (Å²) in [5.41, 5.74) is 0. The fourth-order valence-corrected chi connectivity index (χ4v) is 3.35. The van der Waals surface area contributed by atoms with Crippen LogP contribution in [0.2, 0.25) is 0 Å². The number of rotatable bonds is 17. The van der Waals surface area contributed by atoms with Crippen LogP contribution in [0.15, 0.2) is 0 Å². The summed E-state index contributed by atoms with van der Waals surface area (Å²) in [7, 11) is 0.0200. The maximum Gasteiger partial charge on any atom is 0.155 e. The van der Waals surface area contributed by atoms with Gasteiger partial charge < -0.3 is 18.8 Å². The predicted octanol–water partition coefficient (Wildman–Crippen LogP) is 2.82. The maximum absolute atomic E-state index is 8.52. The number of hydrogen-bond donors (Lipinski definition) is 0. The lowest BCUT2D eigenvalue weighted by Crippen LogP contribution is -2.47. The Bertz CT molecular complexity index is 334. The molecule has 0 amide bonds. The maximum atomic E-state index is 8.52. The summed E-state index contributed by atoms with van der Waals surface area (Å²) < 4.78 is 11.1. The molecule has 0 heterocycles. The van der Waals surface area contributed by atoms with E-state index in [0.29, 0.717) is 25.7 Å². The molecular formula is C18H39N4O2P. The van der Waals surface area contributed by atoms with Gasteiger partial charge in [-0.3, -0.25) is 4.90 Å². The molecule has 0 bridgehead atoms. The fraction of sp³-hybridized carbons (Fsp3) is 0.944. The van der Waals surface area contributed by atoms with Crippen LogP contribution in [0.25, 0.3) is 0 Å². The van der Waals surface area contributed by atoms with E-state index in [9.17, 15) is 0 Å². The third kappa shape index (κ3) is 11.9. The summed E-state index contributed by atoms with van der Waals surface area (Å²) in [5, 5.41) is 8.52. The first-order chi connectivity index (χ1) is 12.2. The van der Waals surface area contributed by atoms with E-state index in [0.717, 1.165) is 52.4 Å². The molecule has 0 spiro atoms. The summed E-state index contributed by atoms with van der Waals surface area (Å²) in [5.74, 6) is 0. The first kappa shape index (κ1) is 24.7. The van der Waals surface area contributed by atoms with Crippen LogP contribution >= 0.6 is 9.03 Å². The molecular weight excluding hydrogens is 335 g/mol. The van der Waals surface area contributed by atoms with Crippen molar-refractivity contribution in [1.82, 2.24) is 14.7 Å². The Morgan fingerprint density at radius 1 is 0.880 bits per heavy atom. The summed E-state index contributed by atoms with van der Waals surface area (Å²) >= 11 is 0. The molecule has 1 unspecified atom stereocenters. The van der Waals surface area contributed by atoms with Gasteiger partial charge in [-0.05, 0) is 32.7 Å². The van der Waals surface area contributed by atoms with Gasteiger partial charge in [0.25, 0.3) is 0 Å². The van der Waals surface area contributed by atoms with E-state index in [2.05, 4.69) is 55.4 Å². The minimum atomic E-state index is 0.0200. The molecule has 0 aliphatic heterocycles. The van der Waals surface area contributed by atoms with Crippen molar-refractivity contribution in [2.24, 2.45) is 0 Å². The Labute approximate surface area is 157 Å². The molecule has 0 aliphatic carbocycles. The molecule has 0 aliphatic rings. The van der Waals surface area contributed by atoms with Gasteiger partial charge in [-0.1, -0.05) is 34.6 Å². The highest BCUT2D eigenvalue weighted by Crippen LogP contribution is 2.16. The lowest BCUT2D eigenvalue weighted by molar-refractivity contribution is 0.100. The van der Waals surface area contributed by atoms with Gasteiger partial charge in [0.15, 0.2) is 9.03 Å². The third-order valence-corrected chi connectivity index (χ3v) is 5.19. The molecule has 0 aromatic rings. The molecule has 0 saturated heterocycles. The minimum Gasteiger partial charge on any atom is -0.335 e. The monoisotopic (exact) mass is 374 g/mol. The van der Waals surface area contributed by atoms with Crippen molar-refractivity contribution in [2.45, 2.75) is 47.1 Å². The van der Waals surface area contributed by atoms with Gasteiger partial charge in [0, 0.05) is 25.7 Å². The van der Waals surface area contributed by atoms with Crippen molar-refractivity contribution in [3.8, 4) is 6.07 Å². The van der Waals surface area contributed by atoms with Crippen LogP contribution in [-0.2, 0) is 9.05 Å². The van der Waals surface area contributed by atoms with E-state index in [1.165, 1.54) is 0 Å². The Balaban J connectivity index is 4.45. The van der Waals surface area contributed by atoms with Crippen molar-refractivity contribution in [2.75, 3.05) is 65.6 Å². The topological polar surface area (TPSA) is 52.0 Å². The molecule has 148 valence electrons. The Morgan fingerprint density at radius 3 is 2.00 bits per heavy atom. The van der Waals surface area contributed by atoms with Crippen LogP contribution in [-0.4, -0.2) is 86.3 Å². The highest BCUT2D eigenvalue weighted by molar-refractivity contribution is 7.26. The fourth-order valence-electron chi connectivity index (χ4n) is 2.82. The van der Waals surface area contributed by atoms with Crippen LogP contribution in [0, 0.1) is 11.3 Å². The number of hydrogen-bond acceptors (Lipinski definition) is 6. The van der Waals surface area contributed by atoms with Crippen LogP contribution in [0.4, 0.5) is 0 Å². The molecule has 25 heavy (non-hydrogen) atoms. The van der Waals surface area contributed by atoms with Crippen molar-refractivity contribution in [3.05, 3.63) is 0 Å². The molecule has 0 aromatic heterocycles. The van der Waals surface area contributed by atoms with Crippen molar-refractivity contribution in [3.63, 3.8) is 0 Å². The van der Waals surface area contributed by atoms with E-state index in [1.54, 1.807) is 0 Å². The normalized spacial score (nSPS) is 13.4. The smallest absolute Gasteiger partial charge is 0.155 e. The first-order valence-corrected chi connectivity index (χ1v) is 10.5. The molecule has 2 atom stereocenters. The zero-order chi connectivity index (χ0) is 18.9. The van der Waals surface area contributed by atoms with E-state index in [-0.39, 0.29) is 9.03 Å². The van der Waals surface area contributed by atoms with Gasteiger partial charge in [-0.2, -0.15) is 5.26 Å². The van der Waals surface area contributed by atoms with Gasteiger partial charge in [-0.25, -0.2) is 0 Å². The van der Waals surface area contributed by atoms with E-state index in [4.69, 9.17) is 14.3 Å². The van der Waals surface area contributed by atoms with Crippen molar-refractivity contribution >= 4 is 9.03 Å². The third-order valence-electron chi connectivity index (χ3n) is 4.58. The van der Waals surface area contributed by atoms with Crippen molar-refractivity contribution in [1.29, 1.82) is 5.26 Å². The molecule has 0 aromatic carbocycles. The SMILES string of the molecule is CCN(CC)CCN(CC)C[C@H](COPOCCC#N)N(CC)CC. The zero-order valence-electron chi connectivity index (χ0n) is 17.0. The van der Waals surface area contributed by atoms with E-state index < -0.39 is 0 Å². The summed E-state index contributed by atoms with van der Waals surface area (Å²) in [6.07, 6.45) is 0.421. The van der Waals surface area contributed by atoms with E-state index in [1.807, 2.05) is 0 Å². The Kier molecular flexibility index (Phi) is 17.0. The molecule has 0 rings (SSSR count). The molecule has 7 heteroatoms. The van der Waals surface area contributed by atoms with Gasteiger partial charge in [0.05, 0.1) is 25.7 Å². The molecule has 0 saturated carbocycles. The van der Waals surface area contributed by atoms with Crippen LogP contribution in [0.5, 0.6) is 0 Å². The van der Waals surface area contributed by atoms with Crippen LogP contribution < -0.4 is 0 Å². The Morgan fingerprint density at radius 2 is 1.48 bits per heavy atom. The average molecular weight is 375 g/mol. The quantitative estimate of drug-likeness (QED) is 0.288. The lowest BCUT2D eigenvalue weighted by atomic mass is 10.2. The molecule has 0 radical (unpaired) electrons. The second kappa shape index (κ2) is 17.1. The van der Waals surface area contributed by atoms with Gasteiger partial charge in [0.1, 0.15) is 0 Å². The summed E-state index contributed by atoms with van der Waals surface area (Å²) in [4.78, 5) is 7.44. The average Bonchev–Trinajstić information content (AvgIpc) is 2.64. The zero-order valence-corrected chi connectivity index (χ0v) is 18.0. The first-order valence-electron chi connectivity index (χ1n) is 9.70. The summed E-state index contributed by atoms with van der Waals surface area (Å²) in [6, 6.07) is 2.45. The van der Waals surface area contributed by atoms with Gasteiger partial charge >= 0.3 is 0 Å². The van der Waals surface area contributed by atoms with Crippen LogP contribution in [0.3, 0.4) is 0 Å².